The third-order valence-corrected chi connectivity index (χ3v) is 7.75. The lowest BCUT2D eigenvalue weighted by atomic mass is 9.60. The maximum absolute atomic E-state index is 2.44. The van der Waals surface area contributed by atoms with Crippen molar-refractivity contribution in [2.45, 2.75) is 62.0 Å². The predicted molar refractivity (Wildman–Crippen MR) is 105 cm³/mol. The van der Waals surface area contributed by atoms with E-state index in [0.717, 1.165) is 5.92 Å². The number of thioether (sulfide) groups is 1. The average molecular weight is 337 g/mol. The van der Waals surface area contributed by atoms with E-state index in [0.29, 0.717) is 11.3 Å². The second kappa shape index (κ2) is 5.95. The van der Waals surface area contributed by atoms with Gasteiger partial charge in [-0.3, -0.25) is 0 Å². The summed E-state index contributed by atoms with van der Waals surface area (Å²) in [5.41, 5.74) is 3.43. The van der Waals surface area contributed by atoms with Crippen molar-refractivity contribution >= 4 is 11.8 Å². The highest BCUT2D eigenvalue weighted by Gasteiger charge is 2.53. The van der Waals surface area contributed by atoms with E-state index in [1.54, 1.807) is 11.1 Å². The molecule has 1 saturated carbocycles. The molecule has 2 aromatic carbocycles. The zero-order valence-corrected chi connectivity index (χ0v) is 15.9. The molecule has 24 heavy (non-hydrogen) atoms. The Morgan fingerprint density at radius 3 is 2.38 bits per heavy atom. The standard InChI is InChI=1S/C23H28S/c1-22(2,3)21-18-13-7-8-15-20(18)24-23(16-10-9-14-19(21)23)17-11-5-4-6-12-17/h4-8,11-13,15,19,21H,9-10,14,16H2,1-3H3. The number of hydrogen-bond acceptors (Lipinski definition) is 1. The predicted octanol–water partition coefficient (Wildman–Crippen LogP) is 7.01. The van der Waals surface area contributed by atoms with Crippen LogP contribution in [0.3, 0.4) is 0 Å². The van der Waals surface area contributed by atoms with Gasteiger partial charge in [0.15, 0.2) is 0 Å². The summed E-state index contributed by atoms with van der Waals surface area (Å²) in [6.45, 7) is 7.32. The molecule has 0 bridgehead atoms. The Morgan fingerprint density at radius 2 is 1.62 bits per heavy atom. The maximum Gasteiger partial charge on any atom is 0.0489 e. The van der Waals surface area contributed by atoms with Crippen LogP contribution in [0, 0.1) is 11.3 Å². The number of benzene rings is 2. The SMILES string of the molecule is CC(C)(C)C1c2ccccc2SC2(c3ccccc3)CCCCC12. The van der Waals surface area contributed by atoms with Gasteiger partial charge in [-0.1, -0.05) is 82.1 Å². The third-order valence-electron chi connectivity index (χ3n) is 6.06. The van der Waals surface area contributed by atoms with Crippen molar-refractivity contribution in [3.05, 3.63) is 65.7 Å². The van der Waals surface area contributed by atoms with Crippen molar-refractivity contribution in [1.29, 1.82) is 0 Å². The minimum absolute atomic E-state index is 0.256. The highest BCUT2D eigenvalue weighted by atomic mass is 32.2. The van der Waals surface area contributed by atoms with Crippen LogP contribution in [-0.2, 0) is 4.75 Å². The fourth-order valence-corrected chi connectivity index (χ4v) is 6.94. The maximum atomic E-state index is 2.44. The summed E-state index contributed by atoms with van der Waals surface area (Å²) in [5.74, 6) is 1.36. The third kappa shape index (κ3) is 2.52. The largest absolute Gasteiger partial charge is 0.114 e. The summed E-state index contributed by atoms with van der Waals surface area (Å²) in [6.07, 6.45) is 5.41. The van der Waals surface area contributed by atoms with Gasteiger partial charge in [0.1, 0.15) is 0 Å². The molecule has 0 nitrogen and oxygen atoms in total. The van der Waals surface area contributed by atoms with Crippen molar-refractivity contribution in [2.24, 2.45) is 11.3 Å². The Labute approximate surface area is 151 Å². The smallest absolute Gasteiger partial charge is 0.0489 e. The van der Waals surface area contributed by atoms with Gasteiger partial charge in [0.25, 0.3) is 0 Å². The highest BCUT2D eigenvalue weighted by Crippen LogP contribution is 2.65. The lowest BCUT2D eigenvalue weighted by Gasteiger charge is -2.55. The summed E-state index contributed by atoms with van der Waals surface area (Å²) >= 11 is 2.16. The molecule has 2 aliphatic rings. The van der Waals surface area contributed by atoms with Gasteiger partial charge in [-0.05, 0) is 47.3 Å². The Hall–Kier alpha value is -1.21. The molecular weight excluding hydrogens is 308 g/mol. The van der Waals surface area contributed by atoms with Gasteiger partial charge in [0.2, 0.25) is 0 Å². The molecule has 2 aromatic rings. The molecule has 0 aromatic heterocycles. The van der Waals surface area contributed by atoms with E-state index in [-0.39, 0.29) is 4.75 Å². The summed E-state index contributed by atoms with van der Waals surface area (Å²) in [4.78, 5) is 1.51. The molecule has 1 aliphatic carbocycles. The minimum Gasteiger partial charge on any atom is -0.114 e. The van der Waals surface area contributed by atoms with E-state index in [9.17, 15) is 0 Å². The molecule has 0 spiro atoms. The van der Waals surface area contributed by atoms with E-state index in [1.165, 1.54) is 30.6 Å². The second-order valence-electron chi connectivity index (χ2n) is 8.59. The molecule has 1 heterocycles. The van der Waals surface area contributed by atoms with E-state index in [4.69, 9.17) is 0 Å². The van der Waals surface area contributed by atoms with Crippen LogP contribution in [0.1, 0.15) is 63.5 Å². The van der Waals surface area contributed by atoms with Gasteiger partial charge in [-0.25, -0.2) is 0 Å². The molecule has 0 amide bonds. The first-order valence-electron chi connectivity index (χ1n) is 9.36. The van der Waals surface area contributed by atoms with Crippen LogP contribution in [0.5, 0.6) is 0 Å². The first-order valence-corrected chi connectivity index (χ1v) is 10.2. The Balaban J connectivity index is 1.93. The zero-order chi connectivity index (χ0) is 16.8. The molecule has 126 valence electrons. The van der Waals surface area contributed by atoms with Crippen LogP contribution >= 0.6 is 11.8 Å². The van der Waals surface area contributed by atoms with E-state index >= 15 is 0 Å². The molecule has 0 radical (unpaired) electrons. The molecule has 3 unspecified atom stereocenters. The minimum atomic E-state index is 0.256. The Bertz CT molecular complexity index is 712. The van der Waals surface area contributed by atoms with E-state index < -0.39 is 0 Å². The molecule has 1 aliphatic heterocycles. The first kappa shape index (κ1) is 16.3. The average Bonchev–Trinajstić information content (AvgIpc) is 2.59. The Kier molecular flexibility index (Phi) is 4.03. The van der Waals surface area contributed by atoms with Crippen molar-refractivity contribution < 1.29 is 0 Å². The van der Waals surface area contributed by atoms with Gasteiger partial charge in [0.05, 0.1) is 0 Å². The van der Waals surface area contributed by atoms with Gasteiger partial charge in [-0.15, -0.1) is 11.8 Å². The van der Waals surface area contributed by atoms with E-state index in [2.05, 4.69) is 87.1 Å². The first-order chi connectivity index (χ1) is 11.5. The lowest BCUT2D eigenvalue weighted by Crippen LogP contribution is -2.45. The quantitative estimate of drug-likeness (QED) is 0.540. The van der Waals surface area contributed by atoms with Crippen molar-refractivity contribution in [3.8, 4) is 0 Å². The fraction of sp³-hybridized carbons (Fsp3) is 0.478. The van der Waals surface area contributed by atoms with Crippen LogP contribution in [0.15, 0.2) is 59.5 Å². The number of fused-ring (bicyclic) bond motifs is 2. The normalized spacial score (nSPS) is 29.6. The summed E-state index contributed by atoms with van der Waals surface area (Å²) < 4.78 is 0.256. The molecule has 1 heteroatoms. The monoisotopic (exact) mass is 336 g/mol. The second-order valence-corrected chi connectivity index (χ2v) is 9.96. The number of hydrogen-bond donors (Lipinski definition) is 0. The van der Waals surface area contributed by atoms with Crippen LogP contribution in [0.2, 0.25) is 0 Å². The Morgan fingerprint density at radius 1 is 0.917 bits per heavy atom. The van der Waals surface area contributed by atoms with Crippen LogP contribution in [-0.4, -0.2) is 0 Å². The van der Waals surface area contributed by atoms with Gasteiger partial charge in [-0.2, -0.15) is 0 Å². The molecule has 0 saturated heterocycles. The molecule has 4 rings (SSSR count). The lowest BCUT2D eigenvalue weighted by molar-refractivity contribution is 0.144. The fourth-order valence-electron chi connectivity index (χ4n) is 5.18. The summed E-state index contributed by atoms with van der Waals surface area (Å²) in [5, 5.41) is 0. The van der Waals surface area contributed by atoms with E-state index in [1.807, 2.05) is 0 Å². The molecule has 1 fully saturated rings. The topological polar surface area (TPSA) is 0 Å². The van der Waals surface area contributed by atoms with Gasteiger partial charge in [0, 0.05) is 9.64 Å². The van der Waals surface area contributed by atoms with Crippen molar-refractivity contribution in [1.82, 2.24) is 0 Å². The summed E-state index contributed by atoms with van der Waals surface area (Å²) in [7, 11) is 0. The number of rotatable bonds is 1. The van der Waals surface area contributed by atoms with Crippen LogP contribution < -0.4 is 0 Å². The zero-order valence-electron chi connectivity index (χ0n) is 15.1. The molecular formula is C23H28S. The van der Waals surface area contributed by atoms with Crippen molar-refractivity contribution in [2.75, 3.05) is 0 Å². The van der Waals surface area contributed by atoms with Gasteiger partial charge < -0.3 is 0 Å². The van der Waals surface area contributed by atoms with Crippen molar-refractivity contribution in [3.63, 3.8) is 0 Å². The highest BCUT2D eigenvalue weighted by molar-refractivity contribution is 8.00. The summed E-state index contributed by atoms with van der Waals surface area (Å²) in [6, 6.07) is 20.5. The molecule has 3 atom stereocenters. The van der Waals surface area contributed by atoms with Crippen LogP contribution in [0.4, 0.5) is 0 Å². The van der Waals surface area contributed by atoms with Gasteiger partial charge >= 0.3 is 0 Å². The van der Waals surface area contributed by atoms with Crippen LogP contribution in [0.25, 0.3) is 0 Å². The molecule has 0 N–H and O–H groups in total.